The lowest BCUT2D eigenvalue weighted by molar-refractivity contribution is 0.244. The Hall–Kier alpha value is -0.130. The van der Waals surface area contributed by atoms with Gasteiger partial charge in [0.1, 0.15) is 0 Å². The van der Waals surface area contributed by atoms with Crippen LogP contribution in [0.25, 0.3) is 0 Å². The maximum absolute atomic E-state index is 10.7. The molecule has 1 unspecified atom stereocenters. The monoisotopic (exact) mass is 179 g/mol. The van der Waals surface area contributed by atoms with Gasteiger partial charge in [0.05, 0.1) is 0 Å². The van der Waals surface area contributed by atoms with E-state index in [1.807, 2.05) is 6.92 Å². The number of hydrogen-bond acceptors (Lipinski definition) is 2. The van der Waals surface area contributed by atoms with Crippen molar-refractivity contribution in [2.75, 3.05) is 6.54 Å². The van der Waals surface area contributed by atoms with Crippen LogP contribution in [0.15, 0.2) is 0 Å². The molecule has 1 aliphatic heterocycles. The highest BCUT2D eigenvalue weighted by molar-refractivity contribution is 7.83. The van der Waals surface area contributed by atoms with E-state index in [4.69, 9.17) is 4.55 Å². The second-order valence-corrected chi connectivity index (χ2v) is 4.30. The van der Waals surface area contributed by atoms with Gasteiger partial charge in [0, 0.05) is 12.6 Å². The van der Waals surface area contributed by atoms with Gasteiger partial charge in [0.2, 0.25) is 0 Å². The van der Waals surface area contributed by atoms with Crippen molar-refractivity contribution >= 4 is 10.3 Å². The average Bonchev–Trinajstić information content (AvgIpc) is 1.86. The maximum Gasteiger partial charge on any atom is 0.336 e. The summed E-state index contributed by atoms with van der Waals surface area (Å²) in [5, 5.41) is 0. The van der Waals surface area contributed by atoms with Crippen LogP contribution >= 0.6 is 0 Å². The van der Waals surface area contributed by atoms with Crippen LogP contribution in [0.2, 0.25) is 0 Å². The van der Waals surface area contributed by atoms with Crippen molar-refractivity contribution in [3.8, 4) is 0 Å². The summed E-state index contributed by atoms with van der Waals surface area (Å²) in [5.74, 6) is 0. The third-order valence-corrected chi connectivity index (χ3v) is 3.17. The zero-order valence-corrected chi connectivity index (χ0v) is 7.34. The van der Waals surface area contributed by atoms with Crippen molar-refractivity contribution in [1.29, 1.82) is 0 Å². The van der Waals surface area contributed by atoms with Crippen molar-refractivity contribution in [2.45, 2.75) is 32.2 Å². The van der Waals surface area contributed by atoms with E-state index in [0.717, 1.165) is 23.6 Å². The predicted molar refractivity (Wildman–Crippen MR) is 41.6 cm³/mol. The van der Waals surface area contributed by atoms with E-state index in [0.29, 0.717) is 6.54 Å². The van der Waals surface area contributed by atoms with Gasteiger partial charge < -0.3 is 0 Å². The molecule has 1 heterocycles. The highest BCUT2D eigenvalue weighted by Gasteiger charge is 2.27. The molecule has 0 aliphatic carbocycles. The summed E-state index contributed by atoms with van der Waals surface area (Å²) < 4.78 is 31.2. The molecule has 1 atom stereocenters. The molecule has 0 aromatic carbocycles. The summed E-state index contributed by atoms with van der Waals surface area (Å²) in [4.78, 5) is 0. The first-order chi connectivity index (χ1) is 5.02. The number of rotatable bonds is 1. The Kier molecular flexibility index (Phi) is 2.51. The minimum Gasteiger partial charge on any atom is -0.273 e. The van der Waals surface area contributed by atoms with E-state index >= 15 is 0 Å². The Morgan fingerprint density at radius 1 is 1.45 bits per heavy atom. The zero-order valence-electron chi connectivity index (χ0n) is 6.52. The Morgan fingerprint density at radius 3 is 2.45 bits per heavy atom. The molecule has 1 N–H and O–H groups in total. The lowest BCUT2D eigenvalue weighted by atomic mass is 10.1. The van der Waals surface area contributed by atoms with Gasteiger partial charge in [-0.25, -0.2) is 0 Å². The highest BCUT2D eigenvalue weighted by atomic mass is 32.2. The van der Waals surface area contributed by atoms with Crippen LogP contribution in [0.3, 0.4) is 0 Å². The van der Waals surface area contributed by atoms with E-state index < -0.39 is 10.3 Å². The van der Waals surface area contributed by atoms with Gasteiger partial charge in [-0.05, 0) is 19.8 Å². The zero-order chi connectivity index (χ0) is 8.48. The molecular weight excluding hydrogens is 166 g/mol. The second kappa shape index (κ2) is 3.08. The van der Waals surface area contributed by atoms with Crippen molar-refractivity contribution in [3.05, 3.63) is 0 Å². The Morgan fingerprint density at radius 2 is 2.09 bits per heavy atom. The minimum atomic E-state index is -3.94. The molecule has 0 aromatic rings. The Labute approximate surface area is 67.1 Å². The number of piperidine rings is 1. The lowest BCUT2D eigenvalue weighted by Gasteiger charge is -2.29. The lowest BCUT2D eigenvalue weighted by Crippen LogP contribution is -2.41. The summed E-state index contributed by atoms with van der Waals surface area (Å²) in [5.41, 5.74) is 0. The van der Waals surface area contributed by atoms with Gasteiger partial charge in [-0.1, -0.05) is 6.42 Å². The SMILES string of the molecule is CC1CCCCN1S(=O)(=O)O. The quantitative estimate of drug-likeness (QED) is 0.602. The molecule has 1 rings (SSSR count). The summed E-state index contributed by atoms with van der Waals surface area (Å²) in [7, 11) is -3.94. The highest BCUT2D eigenvalue weighted by Crippen LogP contribution is 2.18. The largest absolute Gasteiger partial charge is 0.336 e. The Bertz CT molecular complexity index is 224. The molecule has 1 saturated heterocycles. The minimum absolute atomic E-state index is 0.0428. The van der Waals surface area contributed by atoms with Gasteiger partial charge in [0.15, 0.2) is 0 Å². The molecule has 5 heteroatoms. The summed E-state index contributed by atoms with van der Waals surface area (Å²) in [6.45, 7) is 2.27. The third kappa shape index (κ3) is 2.15. The van der Waals surface area contributed by atoms with Gasteiger partial charge in [0.25, 0.3) is 0 Å². The standard InChI is InChI=1S/C6H13NO3S/c1-6-4-2-3-5-7(6)11(8,9)10/h6H,2-5H2,1H3,(H,8,9,10). The van der Waals surface area contributed by atoms with E-state index in [-0.39, 0.29) is 6.04 Å². The summed E-state index contributed by atoms with van der Waals surface area (Å²) >= 11 is 0. The molecule has 4 nitrogen and oxygen atoms in total. The van der Waals surface area contributed by atoms with Crippen LogP contribution in [-0.4, -0.2) is 29.9 Å². The maximum atomic E-state index is 10.7. The number of hydrogen-bond donors (Lipinski definition) is 1. The van der Waals surface area contributed by atoms with Crippen LogP contribution in [-0.2, 0) is 10.3 Å². The second-order valence-electron chi connectivity index (χ2n) is 2.93. The van der Waals surface area contributed by atoms with E-state index in [1.165, 1.54) is 0 Å². The van der Waals surface area contributed by atoms with Gasteiger partial charge >= 0.3 is 10.3 Å². The van der Waals surface area contributed by atoms with E-state index in [2.05, 4.69) is 0 Å². The van der Waals surface area contributed by atoms with Crippen molar-refractivity contribution < 1.29 is 13.0 Å². The van der Waals surface area contributed by atoms with E-state index in [9.17, 15) is 8.42 Å². The topological polar surface area (TPSA) is 57.6 Å². The third-order valence-electron chi connectivity index (χ3n) is 2.04. The molecule has 0 radical (unpaired) electrons. The molecule has 1 fully saturated rings. The van der Waals surface area contributed by atoms with Crippen LogP contribution < -0.4 is 0 Å². The molecule has 66 valence electrons. The summed E-state index contributed by atoms with van der Waals surface area (Å²) in [6, 6.07) is -0.0428. The molecule has 11 heavy (non-hydrogen) atoms. The van der Waals surface area contributed by atoms with E-state index in [1.54, 1.807) is 0 Å². The van der Waals surface area contributed by atoms with Crippen molar-refractivity contribution in [3.63, 3.8) is 0 Å². The molecular formula is C6H13NO3S. The average molecular weight is 179 g/mol. The predicted octanol–water partition coefficient (Wildman–Crippen LogP) is 0.664. The first-order valence-electron chi connectivity index (χ1n) is 3.76. The fraction of sp³-hybridized carbons (Fsp3) is 1.00. The Balaban J connectivity index is 2.70. The molecule has 1 aliphatic rings. The van der Waals surface area contributed by atoms with Gasteiger partial charge in [-0.3, -0.25) is 4.55 Å². The molecule has 0 aromatic heterocycles. The van der Waals surface area contributed by atoms with Crippen LogP contribution in [0.5, 0.6) is 0 Å². The molecule has 0 amide bonds. The number of nitrogens with zero attached hydrogens (tertiary/aromatic N) is 1. The fourth-order valence-electron chi connectivity index (χ4n) is 1.41. The van der Waals surface area contributed by atoms with Crippen molar-refractivity contribution in [2.24, 2.45) is 0 Å². The molecule has 0 saturated carbocycles. The summed E-state index contributed by atoms with van der Waals surface area (Å²) in [6.07, 6.45) is 2.75. The van der Waals surface area contributed by atoms with Crippen LogP contribution in [0.4, 0.5) is 0 Å². The van der Waals surface area contributed by atoms with Gasteiger partial charge in [-0.2, -0.15) is 12.7 Å². The van der Waals surface area contributed by atoms with Crippen molar-refractivity contribution in [1.82, 2.24) is 4.31 Å². The van der Waals surface area contributed by atoms with Crippen LogP contribution in [0.1, 0.15) is 26.2 Å². The first-order valence-corrected chi connectivity index (χ1v) is 5.16. The normalized spacial score (nSPS) is 28.7. The van der Waals surface area contributed by atoms with Crippen LogP contribution in [0, 0.1) is 0 Å². The van der Waals surface area contributed by atoms with Gasteiger partial charge in [-0.15, -0.1) is 0 Å². The fourth-order valence-corrected chi connectivity index (χ4v) is 2.33. The molecule has 0 spiro atoms. The first kappa shape index (κ1) is 8.96. The molecule has 0 bridgehead atoms. The smallest absolute Gasteiger partial charge is 0.273 e.